The number of nitrogens with two attached hydrogens (primary N) is 1. The van der Waals surface area contributed by atoms with Crippen molar-refractivity contribution in [3.05, 3.63) is 28.9 Å². The maximum Gasteiger partial charge on any atom is 0.354 e. The molecule has 1 aliphatic rings. The third-order valence-electron chi connectivity index (χ3n) is 2.03. The molecule has 0 radical (unpaired) electrons. The second-order valence-corrected chi connectivity index (χ2v) is 4.92. The molecule has 1 aliphatic heterocycles. The molecule has 2 heterocycles. The molecule has 1 atom stereocenters. The van der Waals surface area contributed by atoms with E-state index in [2.05, 4.69) is 4.98 Å². The normalized spacial score (nSPS) is 19.9. The number of aromatic carboxylic acids is 1. The van der Waals surface area contributed by atoms with Crippen LogP contribution in [0.25, 0.3) is 6.08 Å². The van der Waals surface area contributed by atoms with Crippen molar-refractivity contribution < 1.29 is 14.7 Å². The number of rotatable bonds is 1. The zero-order valence-corrected chi connectivity index (χ0v) is 8.44. The molecule has 78 valence electrons. The maximum atomic E-state index is 11.1. The molecular weight excluding hydrogens is 216 g/mol. The summed E-state index contributed by atoms with van der Waals surface area (Å²) in [5.74, 6) is -1.11. The Labute approximate surface area is 88.0 Å². The average Bonchev–Trinajstić information content (AvgIpc) is 2.59. The Morgan fingerprint density at radius 3 is 2.80 bits per heavy atom. The van der Waals surface area contributed by atoms with Crippen molar-refractivity contribution in [3.63, 3.8) is 0 Å². The van der Waals surface area contributed by atoms with E-state index in [1.165, 1.54) is 12.3 Å². The van der Waals surface area contributed by atoms with Crippen LogP contribution < -0.4 is 5.73 Å². The third kappa shape index (κ3) is 1.59. The molecule has 0 fully saturated rings. The summed E-state index contributed by atoms with van der Waals surface area (Å²) in [6, 6.07) is 1.41. The SMILES string of the molecule is NC(=O)[SH]1C=Cc2cnc(C(=O)O)cc21. The molecular formula is C9H8N2O3S. The lowest BCUT2D eigenvalue weighted by Gasteiger charge is -2.10. The molecule has 1 amide bonds. The van der Waals surface area contributed by atoms with Crippen molar-refractivity contribution in [2.75, 3.05) is 0 Å². The molecule has 5 nitrogen and oxygen atoms in total. The number of carbonyl (C=O) groups is 2. The number of hydrogen-bond donors (Lipinski definition) is 3. The molecule has 2 rings (SSSR count). The van der Waals surface area contributed by atoms with Crippen molar-refractivity contribution >= 4 is 28.2 Å². The molecule has 0 aromatic carbocycles. The van der Waals surface area contributed by atoms with Crippen LogP contribution in [0.4, 0.5) is 4.79 Å². The number of nitrogens with zero attached hydrogens (tertiary/aromatic N) is 1. The van der Waals surface area contributed by atoms with E-state index in [0.717, 1.165) is 5.56 Å². The van der Waals surface area contributed by atoms with Gasteiger partial charge in [-0.15, -0.1) is 10.9 Å². The Morgan fingerprint density at radius 2 is 2.20 bits per heavy atom. The van der Waals surface area contributed by atoms with Gasteiger partial charge in [0.15, 0.2) is 0 Å². The Morgan fingerprint density at radius 1 is 1.47 bits per heavy atom. The Hall–Kier alpha value is -1.82. The average molecular weight is 224 g/mol. The van der Waals surface area contributed by atoms with Crippen LogP contribution >= 0.6 is 10.9 Å². The number of fused-ring (bicyclic) bond motifs is 1. The molecule has 0 bridgehead atoms. The van der Waals surface area contributed by atoms with Crippen LogP contribution in [0.1, 0.15) is 16.1 Å². The summed E-state index contributed by atoms with van der Waals surface area (Å²) in [5.41, 5.74) is 5.91. The molecule has 0 saturated carbocycles. The van der Waals surface area contributed by atoms with Gasteiger partial charge in [0.2, 0.25) is 0 Å². The molecule has 15 heavy (non-hydrogen) atoms. The molecule has 1 aromatic heterocycles. The Kier molecular flexibility index (Phi) is 2.20. The topological polar surface area (TPSA) is 93.3 Å². The number of aromatic nitrogens is 1. The second kappa shape index (κ2) is 3.39. The van der Waals surface area contributed by atoms with Gasteiger partial charge in [-0.25, -0.2) is 9.78 Å². The van der Waals surface area contributed by atoms with E-state index in [0.29, 0.717) is 4.90 Å². The first-order chi connectivity index (χ1) is 7.09. The van der Waals surface area contributed by atoms with E-state index >= 15 is 0 Å². The van der Waals surface area contributed by atoms with Crippen molar-refractivity contribution in [2.45, 2.75) is 4.90 Å². The van der Waals surface area contributed by atoms with Crippen molar-refractivity contribution in [2.24, 2.45) is 5.73 Å². The molecule has 6 heteroatoms. The molecule has 3 N–H and O–H groups in total. The summed E-state index contributed by atoms with van der Waals surface area (Å²) < 4.78 is 0. The summed E-state index contributed by atoms with van der Waals surface area (Å²) in [7, 11) is -1.21. The van der Waals surface area contributed by atoms with Crippen LogP contribution in [-0.4, -0.2) is 21.3 Å². The molecule has 0 aliphatic carbocycles. The van der Waals surface area contributed by atoms with E-state index in [-0.39, 0.29) is 5.69 Å². The number of carboxylic acids is 1. The van der Waals surface area contributed by atoms with E-state index < -0.39 is 22.1 Å². The number of carbonyl (C=O) groups excluding carboxylic acids is 1. The van der Waals surface area contributed by atoms with Crippen LogP contribution in [0.15, 0.2) is 22.6 Å². The van der Waals surface area contributed by atoms with Crippen LogP contribution in [0.5, 0.6) is 0 Å². The van der Waals surface area contributed by atoms with Gasteiger partial charge in [-0.05, 0) is 17.6 Å². The fourth-order valence-corrected chi connectivity index (χ4v) is 2.86. The fourth-order valence-electron chi connectivity index (χ4n) is 1.34. The summed E-state index contributed by atoms with van der Waals surface area (Å²) in [5, 5.41) is 10.0. The molecule has 1 aromatic rings. The Balaban J connectivity index is 2.50. The lowest BCUT2D eigenvalue weighted by molar-refractivity contribution is 0.0690. The first-order valence-corrected chi connectivity index (χ1v) is 5.51. The minimum absolute atomic E-state index is 0.0637. The highest BCUT2D eigenvalue weighted by molar-refractivity contribution is 8.32. The van der Waals surface area contributed by atoms with Gasteiger partial charge >= 0.3 is 5.97 Å². The van der Waals surface area contributed by atoms with Gasteiger partial charge in [0.05, 0.1) is 0 Å². The molecule has 0 saturated heterocycles. The number of carboxylic acid groups (broad SMARTS) is 1. The Bertz CT molecular complexity index is 484. The third-order valence-corrected chi connectivity index (χ3v) is 3.86. The van der Waals surface area contributed by atoms with Gasteiger partial charge in [0, 0.05) is 16.7 Å². The van der Waals surface area contributed by atoms with E-state index in [1.807, 2.05) is 0 Å². The number of thiol groups is 1. The van der Waals surface area contributed by atoms with Crippen molar-refractivity contribution in [3.8, 4) is 0 Å². The first kappa shape index (κ1) is 9.72. The predicted molar refractivity (Wildman–Crippen MR) is 57.1 cm³/mol. The summed E-state index contributed by atoms with van der Waals surface area (Å²) in [4.78, 5) is 26.2. The zero-order valence-electron chi connectivity index (χ0n) is 7.54. The largest absolute Gasteiger partial charge is 0.477 e. The van der Waals surface area contributed by atoms with Crippen LogP contribution in [-0.2, 0) is 0 Å². The van der Waals surface area contributed by atoms with Gasteiger partial charge < -0.3 is 10.8 Å². The molecule has 0 spiro atoms. The van der Waals surface area contributed by atoms with Crippen LogP contribution in [0.3, 0.4) is 0 Å². The predicted octanol–water partition coefficient (Wildman–Crippen LogP) is 1.20. The quantitative estimate of drug-likeness (QED) is 0.625. The number of pyridine rings is 1. The zero-order chi connectivity index (χ0) is 11.0. The van der Waals surface area contributed by atoms with E-state index in [9.17, 15) is 9.59 Å². The second-order valence-electron chi connectivity index (χ2n) is 2.96. The molecule has 1 unspecified atom stereocenters. The van der Waals surface area contributed by atoms with Crippen molar-refractivity contribution in [1.29, 1.82) is 0 Å². The highest BCUT2D eigenvalue weighted by atomic mass is 32.2. The lowest BCUT2D eigenvalue weighted by Crippen LogP contribution is -2.08. The smallest absolute Gasteiger partial charge is 0.354 e. The van der Waals surface area contributed by atoms with Gasteiger partial charge in [-0.3, -0.25) is 4.79 Å². The van der Waals surface area contributed by atoms with E-state index in [4.69, 9.17) is 10.8 Å². The lowest BCUT2D eigenvalue weighted by atomic mass is 10.2. The minimum Gasteiger partial charge on any atom is -0.477 e. The first-order valence-electron chi connectivity index (χ1n) is 4.10. The summed E-state index contributed by atoms with van der Waals surface area (Å²) in [6.45, 7) is 0. The van der Waals surface area contributed by atoms with Crippen LogP contribution in [0.2, 0.25) is 0 Å². The highest BCUT2D eigenvalue weighted by Crippen LogP contribution is 2.45. The maximum absolute atomic E-state index is 11.1. The van der Waals surface area contributed by atoms with Gasteiger partial charge in [0.25, 0.3) is 5.24 Å². The fraction of sp³-hybridized carbons (Fsp3) is 0. The van der Waals surface area contributed by atoms with Crippen molar-refractivity contribution in [1.82, 2.24) is 4.98 Å². The highest BCUT2D eigenvalue weighted by Gasteiger charge is 2.20. The number of amides is 1. The van der Waals surface area contributed by atoms with Gasteiger partial charge in [0.1, 0.15) is 5.69 Å². The minimum atomic E-state index is -1.21. The van der Waals surface area contributed by atoms with Gasteiger partial charge in [-0.1, -0.05) is 0 Å². The standard InChI is InChI=1S/C9H8N2O3S/c10-9(14)15-2-1-5-4-11-6(8(12)13)3-7(5)15/h1-4,15H,(H2,10,14)(H,12,13). The van der Waals surface area contributed by atoms with Gasteiger partial charge in [-0.2, -0.15) is 0 Å². The number of hydrogen-bond acceptors (Lipinski definition) is 3. The number of primary amides is 1. The summed E-state index contributed by atoms with van der Waals surface area (Å²) >= 11 is 0. The summed E-state index contributed by atoms with van der Waals surface area (Å²) in [6.07, 6.45) is 3.19. The van der Waals surface area contributed by atoms with E-state index in [1.54, 1.807) is 11.5 Å². The van der Waals surface area contributed by atoms with Crippen LogP contribution in [0, 0.1) is 0 Å². The monoisotopic (exact) mass is 224 g/mol.